The van der Waals surface area contributed by atoms with E-state index in [2.05, 4.69) is 96.9 Å². The van der Waals surface area contributed by atoms with E-state index in [4.69, 9.17) is 0 Å². The second kappa shape index (κ2) is 12.4. The van der Waals surface area contributed by atoms with Gasteiger partial charge in [-0.2, -0.15) is 8.42 Å². The summed E-state index contributed by atoms with van der Waals surface area (Å²) in [6, 6.07) is 0. The summed E-state index contributed by atoms with van der Waals surface area (Å²) in [5, 5.41) is 0. The fourth-order valence-corrected chi connectivity index (χ4v) is 9.29. The zero-order valence-corrected chi connectivity index (χ0v) is 28.1. The molecule has 0 amide bonds. The maximum atomic E-state index is 12.5. The van der Waals surface area contributed by atoms with Gasteiger partial charge in [0.1, 0.15) is 0 Å². The highest BCUT2D eigenvalue weighted by Crippen LogP contribution is 2.62. The molecular weight excluding hydrogens is 464 g/mol. The Bertz CT molecular complexity index is 771. The molecule has 0 aliphatic rings. The summed E-state index contributed by atoms with van der Waals surface area (Å²) < 4.78 is 33.9. The second-order valence-corrected chi connectivity index (χ2v) is 18.4. The molecule has 0 radical (unpaired) electrons. The monoisotopic (exact) mass is 530 g/mol. The van der Waals surface area contributed by atoms with E-state index >= 15 is 0 Å². The van der Waals surface area contributed by atoms with Gasteiger partial charge in [0, 0.05) is 0 Å². The molecule has 0 aromatic carbocycles. The van der Waals surface area contributed by atoms with Gasteiger partial charge in [0.25, 0.3) is 10.1 Å². The topological polar surface area (TPSA) is 54.4 Å². The zero-order chi connectivity index (χ0) is 29.1. The molecule has 36 heavy (non-hydrogen) atoms. The third kappa shape index (κ3) is 9.58. The standard InChI is InChI=1S/C32H66O3S/c1-17-24(5)20-29(9,10)26(28(7,8)19-23(3)4)27(30(11,12)21-25(6)18-2)31(13,14)22-32(15,16)36(33,34)35/h23-27H,17-22H2,1-16H3,(H,33,34,35). The molecule has 0 rings (SSSR count). The second-order valence-electron chi connectivity index (χ2n) is 16.4. The molecule has 0 saturated carbocycles. The van der Waals surface area contributed by atoms with Gasteiger partial charge in [-0.25, -0.2) is 0 Å². The van der Waals surface area contributed by atoms with Crippen LogP contribution in [0.25, 0.3) is 0 Å². The SMILES string of the molecule is CCC(C)CC(C)(C)C(C(C(C)(C)CC(C)CC)C(C)(C)CC(C)(C)S(=O)(=O)O)C(C)(C)CC(C)C. The number of hydrogen-bond acceptors (Lipinski definition) is 2. The van der Waals surface area contributed by atoms with Crippen molar-refractivity contribution < 1.29 is 13.0 Å². The van der Waals surface area contributed by atoms with Gasteiger partial charge in [0.05, 0.1) is 4.75 Å². The summed E-state index contributed by atoms with van der Waals surface area (Å²) in [6.07, 6.45) is 6.14. The third-order valence-corrected chi connectivity index (χ3v) is 10.9. The van der Waals surface area contributed by atoms with E-state index in [1.54, 1.807) is 13.8 Å². The molecule has 0 fully saturated rings. The van der Waals surface area contributed by atoms with Gasteiger partial charge in [-0.15, -0.1) is 0 Å². The molecule has 3 nitrogen and oxygen atoms in total. The molecule has 0 aromatic heterocycles. The highest BCUT2D eigenvalue weighted by Gasteiger charge is 2.56. The van der Waals surface area contributed by atoms with E-state index < -0.39 is 14.9 Å². The van der Waals surface area contributed by atoms with E-state index in [1.807, 2.05) is 0 Å². The molecule has 0 aliphatic heterocycles. The minimum atomic E-state index is -4.18. The fraction of sp³-hybridized carbons (Fsp3) is 1.00. The Morgan fingerprint density at radius 3 is 1.17 bits per heavy atom. The smallest absolute Gasteiger partial charge is 0.270 e. The summed E-state index contributed by atoms with van der Waals surface area (Å²) in [5.74, 6) is 2.46. The summed E-state index contributed by atoms with van der Waals surface area (Å²) in [4.78, 5) is 0. The fourth-order valence-electron chi connectivity index (χ4n) is 8.74. The zero-order valence-electron chi connectivity index (χ0n) is 27.3. The van der Waals surface area contributed by atoms with Crippen LogP contribution in [-0.4, -0.2) is 17.7 Å². The lowest BCUT2D eigenvalue weighted by molar-refractivity contribution is -0.111. The lowest BCUT2D eigenvalue weighted by Gasteiger charge is -2.60. The molecule has 0 aliphatic carbocycles. The molecule has 4 atom stereocenters. The first-order valence-corrected chi connectivity index (χ1v) is 16.2. The van der Waals surface area contributed by atoms with Gasteiger partial charge in [-0.1, -0.05) is 110 Å². The average molecular weight is 531 g/mol. The van der Waals surface area contributed by atoms with Crippen molar-refractivity contribution >= 4 is 10.1 Å². The first-order chi connectivity index (χ1) is 15.8. The van der Waals surface area contributed by atoms with Crippen molar-refractivity contribution in [1.82, 2.24) is 0 Å². The minimum absolute atomic E-state index is 0.000136. The largest absolute Gasteiger partial charge is 0.285 e. The molecule has 0 aromatic rings. The van der Waals surface area contributed by atoms with Gasteiger partial charge in [-0.3, -0.25) is 4.55 Å². The molecule has 4 heteroatoms. The Balaban J connectivity index is 7.32. The Morgan fingerprint density at radius 1 is 0.583 bits per heavy atom. The van der Waals surface area contributed by atoms with Crippen molar-refractivity contribution in [2.24, 2.45) is 51.2 Å². The first kappa shape index (κ1) is 35.9. The van der Waals surface area contributed by atoms with Crippen LogP contribution in [0.2, 0.25) is 0 Å². The molecule has 218 valence electrons. The Kier molecular flexibility index (Phi) is 12.4. The maximum Gasteiger partial charge on any atom is 0.270 e. The lowest BCUT2D eigenvalue weighted by Crippen LogP contribution is -2.54. The molecular formula is C32H66O3S. The molecule has 0 bridgehead atoms. The van der Waals surface area contributed by atoms with Gasteiger partial charge in [0.2, 0.25) is 0 Å². The van der Waals surface area contributed by atoms with Crippen LogP contribution in [0.15, 0.2) is 0 Å². The predicted molar refractivity (Wildman–Crippen MR) is 160 cm³/mol. The third-order valence-electron chi connectivity index (χ3n) is 9.36. The van der Waals surface area contributed by atoms with Gasteiger partial charge >= 0.3 is 0 Å². The first-order valence-electron chi connectivity index (χ1n) is 14.7. The van der Waals surface area contributed by atoms with Crippen LogP contribution in [0.5, 0.6) is 0 Å². The van der Waals surface area contributed by atoms with Gasteiger partial charge in [-0.05, 0) is 90.8 Å². The van der Waals surface area contributed by atoms with Gasteiger partial charge in [0.15, 0.2) is 0 Å². The number of hydrogen-bond donors (Lipinski definition) is 1. The van der Waals surface area contributed by atoms with Crippen LogP contribution in [0, 0.1) is 51.2 Å². The Morgan fingerprint density at radius 2 is 0.889 bits per heavy atom. The minimum Gasteiger partial charge on any atom is -0.285 e. The number of rotatable bonds is 16. The van der Waals surface area contributed by atoms with E-state index in [-0.39, 0.29) is 27.6 Å². The van der Waals surface area contributed by atoms with Gasteiger partial charge < -0.3 is 0 Å². The lowest BCUT2D eigenvalue weighted by atomic mass is 9.45. The van der Waals surface area contributed by atoms with E-state index in [0.717, 1.165) is 25.7 Å². The normalized spacial score (nSPS) is 18.3. The average Bonchev–Trinajstić information content (AvgIpc) is 2.61. The molecule has 0 saturated heterocycles. The van der Waals surface area contributed by atoms with E-state index in [1.165, 1.54) is 6.42 Å². The predicted octanol–water partition coefficient (Wildman–Crippen LogP) is 10.3. The quantitative estimate of drug-likeness (QED) is 0.202. The van der Waals surface area contributed by atoms with Crippen LogP contribution < -0.4 is 0 Å². The molecule has 1 N–H and O–H groups in total. The van der Waals surface area contributed by atoms with Crippen LogP contribution in [0.4, 0.5) is 0 Å². The summed E-state index contributed by atoms with van der Waals surface area (Å²) >= 11 is 0. The molecule has 0 spiro atoms. The molecule has 0 heterocycles. The highest BCUT2D eigenvalue weighted by atomic mass is 32.2. The van der Waals surface area contributed by atoms with Crippen LogP contribution in [0.3, 0.4) is 0 Å². The van der Waals surface area contributed by atoms with Crippen molar-refractivity contribution in [3.63, 3.8) is 0 Å². The Hall–Kier alpha value is -0.0900. The van der Waals surface area contributed by atoms with Crippen LogP contribution >= 0.6 is 0 Å². The summed E-state index contributed by atoms with van der Waals surface area (Å²) in [5.41, 5.74) is -0.158. The van der Waals surface area contributed by atoms with Crippen molar-refractivity contribution in [3.05, 3.63) is 0 Å². The van der Waals surface area contributed by atoms with Crippen LogP contribution in [-0.2, 0) is 10.1 Å². The van der Waals surface area contributed by atoms with Crippen molar-refractivity contribution in [3.8, 4) is 0 Å². The van der Waals surface area contributed by atoms with Crippen LogP contribution in [0.1, 0.15) is 149 Å². The van der Waals surface area contributed by atoms with E-state index in [0.29, 0.717) is 30.1 Å². The summed E-state index contributed by atoms with van der Waals surface area (Å²) in [7, 11) is -4.18. The van der Waals surface area contributed by atoms with Crippen molar-refractivity contribution in [1.29, 1.82) is 0 Å². The molecule has 4 unspecified atom stereocenters. The van der Waals surface area contributed by atoms with Crippen molar-refractivity contribution in [2.45, 2.75) is 154 Å². The maximum absolute atomic E-state index is 12.5. The summed E-state index contributed by atoms with van der Waals surface area (Å²) in [6.45, 7) is 36.6. The van der Waals surface area contributed by atoms with E-state index in [9.17, 15) is 13.0 Å². The Labute approximate surface area is 228 Å². The highest BCUT2D eigenvalue weighted by molar-refractivity contribution is 7.87. The van der Waals surface area contributed by atoms with Crippen molar-refractivity contribution in [2.75, 3.05) is 0 Å².